The quantitative estimate of drug-likeness (QED) is 0.734. The van der Waals surface area contributed by atoms with Crippen LogP contribution >= 0.6 is 0 Å². The number of aromatic nitrogens is 2. The Balaban J connectivity index is 1.37. The summed E-state index contributed by atoms with van der Waals surface area (Å²) in [4.78, 5) is 12.9. The lowest BCUT2D eigenvalue weighted by Gasteiger charge is -2.38. The van der Waals surface area contributed by atoms with Crippen LogP contribution in [0.4, 0.5) is 0 Å². The molecule has 0 bridgehead atoms. The van der Waals surface area contributed by atoms with Crippen LogP contribution in [0, 0.1) is 0 Å². The number of nitrogens with zero attached hydrogens (tertiary/aromatic N) is 1. The van der Waals surface area contributed by atoms with Crippen molar-refractivity contribution in [3.8, 4) is 11.5 Å². The lowest BCUT2D eigenvalue weighted by molar-refractivity contribution is 0.0486. The molecule has 3 aliphatic rings. The topological polar surface area (TPSA) is 97.5 Å². The number of benzene rings is 1. The molecule has 1 amide bonds. The molecule has 8 nitrogen and oxygen atoms in total. The van der Waals surface area contributed by atoms with Crippen molar-refractivity contribution < 1.29 is 19.0 Å². The number of fused-ring (bicyclic) bond motifs is 2. The second-order valence-electron chi connectivity index (χ2n) is 7.60. The van der Waals surface area contributed by atoms with E-state index in [-0.39, 0.29) is 18.1 Å². The molecule has 3 aliphatic heterocycles. The highest BCUT2D eigenvalue weighted by Crippen LogP contribution is 2.40. The maximum absolute atomic E-state index is 12.9. The molecule has 0 atom stereocenters. The summed E-state index contributed by atoms with van der Waals surface area (Å²) in [6, 6.07) is 6.07. The van der Waals surface area contributed by atoms with Gasteiger partial charge in [-0.1, -0.05) is 6.07 Å². The summed E-state index contributed by atoms with van der Waals surface area (Å²) in [7, 11) is 0. The van der Waals surface area contributed by atoms with Gasteiger partial charge in [0.15, 0.2) is 17.2 Å². The predicted molar refractivity (Wildman–Crippen MR) is 101 cm³/mol. The van der Waals surface area contributed by atoms with Crippen LogP contribution in [0.1, 0.15) is 40.2 Å². The van der Waals surface area contributed by atoms with E-state index in [9.17, 15) is 4.79 Å². The number of hydrogen-bond acceptors (Lipinski definition) is 6. The Morgan fingerprint density at radius 2 is 2.07 bits per heavy atom. The Bertz CT molecular complexity index is 888. The van der Waals surface area contributed by atoms with E-state index in [1.165, 1.54) is 0 Å². The number of amides is 1. The molecule has 28 heavy (non-hydrogen) atoms. The molecule has 4 heterocycles. The third-order valence-corrected chi connectivity index (χ3v) is 6.04. The summed E-state index contributed by atoms with van der Waals surface area (Å²) in [5.74, 6) is 1.40. The zero-order chi connectivity index (χ0) is 19.0. The SMILES string of the molecule is O=C(NCC1(c2ccc3c(c2)OCO3)CCOCC1)c1n[nH]c2c1CNCC2. The number of ether oxygens (including phenoxy) is 3. The van der Waals surface area contributed by atoms with Crippen molar-refractivity contribution in [1.82, 2.24) is 20.8 Å². The van der Waals surface area contributed by atoms with E-state index in [2.05, 4.69) is 26.9 Å². The van der Waals surface area contributed by atoms with Gasteiger partial charge in [0.1, 0.15) is 0 Å². The van der Waals surface area contributed by atoms with E-state index in [4.69, 9.17) is 14.2 Å². The number of nitrogens with one attached hydrogen (secondary N) is 3. The minimum absolute atomic E-state index is 0.132. The predicted octanol–water partition coefficient (Wildman–Crippen LogP) is 1.26. The Labute approximate surface area is 162 Å². The maximum atomic E-state index is 12.9. The van der Waals surface area contributed by atoms with Gasteiger partial charge < -0.3 is 24.8 Å². The van der Waals surface area contributed by atoms with Crippen molar-refractivity contribution in [1.29, 1.82) is 0 Å². The van der Waals surface area contributed by atoms with Crippen molar-refractivity contribution in [2.24, 2.45) is 0 Å². The van der Waals surface area contributed by atoms with E-state index in [1.54, 1.807) is 0 Å². The average molecular weight is 384 g/mol. The molecular formula is C20H24N4O4. The fourth-order valence-electron chi connectivity index (χ4n) is 4.30. The van der Waals surface area contributed by atoms with Crippen LogP contribution in [0.5, 0.6) is 11.5 Å². The summed E-state index contributed by atoms with van der Waals surface area (Å²) in [5, 5.41) is 13.7. The van der Waals surface area contributed by atoms with E-state index >= 15 is 0 Å². The second-order valence-corrected chi connectivity index (χ2v) is 7.60. The van der Waals surface area contributed by atoms with Gasteiger partial charge in [-0.05, 0) is 30.5 Å². The Morgan fingerprint density at radius 3 is 2.96 bits per heavy atom. The normalized spacial score (nSPS) is 19.9. The van der Waals surface area contributed by atoms with E-state index in [0.29, 0.717) is 32.0 Å². The highest BCUT2D eigenvalue weighted by molar-refractivity contribution is 5.94. The molecule has 0 unspecified atom stereocenters. The summed E-state index contributed by atoms with van der Waals surface area (Å²) in [5.41, 5.74) is 3.48. The van der Waals surface area contributed by atoms with Gasteiger partial charge in [0.2, 0.25) is 6.79 Å². The fraction of sp³-hybridized carbons (Fsp3) is 0.500. The third kappa shape index (κ3) is 3.02. The molecule has 0 saturated carbocycles. The lowest BCUT2D eigenvalue weighted by Crippen LogP contribution is -2.45. The molecule has 0 radical (unpaired) electrons. The first-order valence-electron chi connectivity index (χ1n) is 9.78. The van der Waals surface area contributed by atoms with Crippen molar-refractivity contribution in [2.45, 2.75) is 31.2 Å². The molecule has 2 aromatic rings. The average Bonchev–Trinajstić information content (AvgIpc) is 3.39. The highest BCUT2D eigenvalue weighted by atomic mass is 16.7. The number of rotatable bonds is 4. The fourth-order valence-corrected chi connectivity index (χ4v) is 4.30. The number of H-pyrrole nitrogens is 1. The molecular weight excluding hydrogens is 360 g/mol. The number of hydrogen-bond donors (Lipinski definition) is 3. The molecule has 1 saturated heterocycles. The smallest absolute Gasteiger partial charge is 0.272 e. The van der Waals surface area contributed by atoms with Crippen molar-refractivity contribution >= 4 is 5.91 Å². The summed E-state index contributed by atoms with van der Waals surface area (Å²) in [6.45, 7) is 3.71. The Morgan fingerprint density at radius 1 is 1.21 bits per heavy atom. The Hall–Kier alpha value is -2.58. The van der Waals surface area contributed by atoms with Gasteiger partial charge in [-0.2, -0.15) is 5.10 Å². The Kier molecular flexibility index (Phi) is 4.44. The molecule has 0 spiro atoms. The highest BCUT2D eigenvalue weighted by Gasteiger charge is 2.36. The first kappa shape index (κ1) is 17.5. The van der Waals surface area contributed by atoms with E-state index < -0.39 is 0 Å². The van der Waals surface area contributed by atoms with Gasteiger partial charge in [-0.25, -0.2) is 0 Å². The minimum Gasteiger partial charge on any atom is -0.454 e. The summed E-state index contributed by atoms with van der Waals surface area (Å²) >= 11 is 0. The molecule has 3 N–H and O–H groups in total. The van der Waals surface area contributed by atoms with Crippen LogP contribution < -0.4 is 20.1 Å². The monoisotopic (exact) mass is 384 g/mol. The van der Waals surface area contributed by atoms with Gasteiger partial charge in [0.05, 0.1) is 0 Å². The van der Waals surface area contributed by atoms with Gasteiger partial charge in [-0.3, -0.25) is 9.89 Å². The zero-order valence-corrected chi connectivity index (χ0v) is 15.7. The molecule has 8 heteroatoms. The van der Waals surface area contributed by atoms with Crippen LogP contribution in [0.15, 0.2) is 18.2 Å². The van der Waals surface area contributed by atoms with Crippen LogP contribution in [-0.4, -0.2) is 49.2 Å². The van der Waals surface area contributed by atoms with Gasteiger partial charge in [0.25, 0.3) is 5.91 Å². The number of carbonyl (C=O) groups excluding carboxylic acids is 1. The van der Waals surface area contributed by atoms with E-state index in [1.807, 2.05) is 12.1 Å². The van der Waals surface area contributed by atoms with Crippen molar-refractivity contribution in [2.75, 3.05) is 33.1 Å². The maximum Gasteiger partial charge on any atom is 0.272 e. The largest absolute Gasteiger partial charge is 0.454 e. The number of carbonyl (C=O) groups is 1. The molecule has 0 aliphatic carbocycles. The molecule has 1 aromatic carbocycles. The lowest BCUT2D eigenvalue weighted by atomic mass is 9.74. The van der Waals surface area contributed by atoms with Gasteiger partial charge in [0, 0.05) is 55.9 Å². The third-order valence-electron chi connectivity index (χ3n) is 6.04. The summed E-state index contributed by atoms with van der Waals surface area (Å²) in [6.07, 6.45) is 2.55. The standard InChI is InChI=1S/C20H24N4O4/c25-19(18-14-10-21-6-3-15(14)23-24-18)22-11-20(4-7-26-8-5-20)13-1-2-16-17(9-13)28-12-27-16/h1-2,9,21H,3-8,10-12H2,(H,22,25)(H,23,24). The van der Waals surface area contributed by atoms with Crippen LogP contribution in [0.25, 0.3) is 0 Å². The van der Waals surface area contributed by atoms with Gasteiger partial charge >= 0.3 is 0 Å². The summed E-state index contributed by atoms with van der Waals surface area (Å²) < 4.78 is 16.6. The minimum atomic E-state index is -0.191. The van der Waals surface area contributed by atoms with Gasteiger partial charge in [-0.15, -0.1) is 0 Å². The van der Waals surface area contributed by atoms with E-state index in [0.717, 1.165) is 54.1 Å². The molecule has 148 valence electrons. The van der Waals surface area contributed by atoms with Crippen LogP contribution in [-0.2, 0) is 23.1 Å². The van der Waals surface area contributed by atoms with Crippen LogP contribution in [0.3, 0.4) is 0 Å². The zero-order valence-electron chi connectivity index (χ0n) is 15.7. The number of aromatic amines is 1. The van der Waals surface area contributed by atoms with Crippen molar-refractivity contribution in [3.63, 3.8) is 0 Å². The first-order valence-corrected chi connectivity index (χ1v) is 9.78. The molecule has 5 rings (SSSR count). The van der Waals surface area contributed by atoms with Crippen LogP contribution in [0.2, 0.25) is 0 Å². The van der Waals surface area contributed by atoms with Crippen molar-refractivity contribution in [3.05, 3.63) is 40.7 Å². The first-order chi connectivity index (χ1) is 13.8. The molecule has 1 fully saturated rings. The molecule has 1 aromatic heterocycles. The second kappa shape index (κ2) is 7.10.